The summed E-state index contributed by atoms with van der Waals surface area (Å²) in [6, 6.07) is -0.900. The fourth-order valence-electron chi connectivity index (χ4n) is 2.03. The molecule has 1 aliphatic rings. The molecule has 110 valence electrons. The standard InChI is InChI=1S/C12H22N2O5/c1-18-6-2-3-9(12(16)17)14-11(15)10-5-4-8(7-13)19-10/h8-10H,2-7,13H2,1H3,(H,14,15)(H,16,17). The summed E-state index contributed by atoms with van der Waals surface area (Å²) in [5, 5.41) is 11.5. The van der Waals surface area contributed by atoms with Crippen molar-refractivity contribution < 1.29 is 24.2 Å². The van der Waals surface area contributed by atoms with E-state index in [0.717, 1.165) is 6.42 Å². The van der Waals surface area contributed by atoms with E-state index in [0.29, 0.717) is 32.4 Å². The number of ether oxygens (including phenoxy) is 2. The summed E-state index contributed by atoms with van der Waals surface area (Å²) in [4.78, 5) is 22.9. The smallest absolute Gasteiger partial charge is 0.326 e. The van der Waals surface area contributed by atoms with Gasteiger partial charge >= 0.3 is 5.97 Å². The number of carboxylic acids is 1. The summed E-state index contributed by atoms with van der Waals surface area (Å²) < 4.78 is 10.3. The summed E-state index contributed by atoms with van der Waals surface area (Å²) in [5.41, 5.74) is 5.46. The molecular weight excluding hydrogens is 252 g/mol. The Morgan fingerprint density at radius 1 is 1.53 bits per heavy atom. The zero-order chi connectivity index (χ0) is 14.3. The molecule has 0 aromatic heterocycles. The first-order valence-electron chi connectivity index (χ1n) is 6.46. The number of carboxylic acid groups (broad SMARTS) is 1. The molecule has 7 heteroatoms. The van der Waals surface area contributed by atoms with E-state index in [9.17, 15) is 9.59 Å². The topological polar surface area (TPSA) is 111 Å². The van der Waals surface area contributed by atoms with Crippen LogP contribution in [0, 0.1) is 0 Å². The van der Waals surface area contributed by atoms with Gasteiger partial charge in [0.1, 0.15) is 12.1 Å². The van der Waals surface area contributed by atoms with Gasteiger partial charge in [-0.05, 0) is 25.7 Å². The van der Waals surface area contributed by atoms with E-state index in [1.165, 1.54) is 0 Å². The molecule has 0 aliphatic carbocycles. The van der Waals surface area contributed by atoms with Crippen molar-refractivity contribution in [2.75, 3.05) is 20.3 Å². The van der Waals surface area contributed by atoms with Crippen molar-refractivity contribution in [1.29, 1.82) is 0 Å². The lowest BCUT2D eigenvalue weighted by molar-refractivity contribution is -0.144. The first-order chi connectivity index (χ1) is 9.08. The number of methoxy groups -OCH3 is 1. The maximum absolute atomic E-state index is 11.9. The minimum Gasteiger partial charge on any atom is -0.480 e. The summed E-state index contributed by atoms with van der Waals surface area (Å²) >= 11 is 0. The molecule has 1 aliphatic heterocycles. The Balaban J connectivity index is 2.41. The van der Waals surface area contributed by atoms with Crippen molar-refractivity contribution >= 4 is 11.9 Å². The molecular formula is C12H22N2O5. The van der Waals surface area contributed by atoms with Crippen molar-refractivity contribution in [2.24, 2.45) is 5.73 Å². The van der Waals surface area contributed by atoms with Gasteiger partial charge in [-0.2, -0.15) is 0 Å². The second-order valence-corrected chi connectivity index (χ2v) is 4.59. The maximum Gasteiger partial charge on any atom is 0.326 e. The average molecular weight is 274 g/mol. The van der Waals surface area contributed by atoms with Gasteiger partial charge in [-0.1, -0.05) is 0 Å². The maximum atomic E-state index is 11.9. The van der Waals surface area contributed by atoms with Crippen LogP contribution in [0.4, 0.5) is 0 Å². The Morgan fingerprint density at radius 3 is 2.79 bits per heavy atom. The van der Waals surface area contributed by atoms with Crippen LogP contribution >= 0.6 is 0 Å². The minimum atomic E-state index is -1.04. The van der Waals surface area contributed by atoms with Gasteiger partial charge < -0.3 is 25.6 Å². The fraction of sp³-hybridized carbons (Fsp3) is 0.833. The summed E-state index contributed by atoms with van der Waals surface area (Å²) in [5.74, 6) is -1.42. The van der Waals surface area contributed by atoms with Gasteiger partial charge in [0.05, 0.1) is 6.10 Å². The molecule has 1 fully saturated rings. The quantitative estimate of drug-likeness (QED) is 0.514. The number of nitrogens with one attached hydrogen (secondary N) is 1. The molecule has 1 heterocycles. The minimum absolute atomic E-state index is 0.104. The lowest BCUT2D eigenvalue weighted by atomic mass is 10.1. The SMILES string of the molecule is COCCCC(NC(=O)C1CCC(CN)O1)C(=O)O. The van der Waals surface area contributed by atoms with E-state index in [4.69, 9.17) is 20.3 Å². The highest BCUT2D eigenvalue weighted by Crippen LogP contribution is 2.19. The first kappa shape index (κ1) is 15.9. The second-order valence-electron chi connectivity index (χ2n) is 4.59. The van der Waals surface area contributed by atoms with Gasteiger partial charge in [0.2, 0.25) is 5.91 Å². The van der Waals surface area contributed by atoms with Gasteiger partial charge in [0, 0.05) is 20.3 Å². The van der Waals surface area contributed by atoms with E-state index in [-0.39, 0.29) is 12.0 Å². The fourth-order valence-corrected chi connectivity index (χ4v) is 2.03. The molecule has 0 spiro atoms. The molecule has 0 bridgehead atoms. The lowest BCUT2D eigenvalue weighted by Gasteiger charge is -2.17. The Kier molecular flexibility index (Phi) is 6.75. The third-order valence-corrected chi connectivity index (χ3v) is 3.12. The molecule has 0 radical (unpaired) electrons. The zero-order valence-corrected chi connectivity index (χ0v) is 11.1. The van der Waals surface area contributed by atoms with E-state index < -0.39 is 18.1 Å². The first-order valence-corrected chi connectivity index (χ1v) is 6.46. The molecule has 3 atom stereocenters. The number of nitrogens with two attached hydrogens (primary N) is 1. The number of hydrogen-bond donors (Lipinski definition) is 3. The van der Waals surface area contributed by atoms with Gasteiger partial charge in [0.15, 0.2) is 0 Å². The van der Waals surface area contributed by atoms with Crippen LogP contribution in [0.1, 0.15) is 25.7 Å². The van der Waals surface area contributed by atoms with Crippen LogP contribution in [-0.4, -0.2) is 55.5 Å². The van der Waals surface area contributed by atoms with Crippen LogP contribution in [-0.2, 0) is 19.1 Å². The van der Waals surface area contributed by atoms with Gasteiger partial charge in [0.25, 0.3) is 0 Å². The number of aliphatic carboxylic acids is 1. The molecule has 1 saturated heterocycles. The molecule has 1 rings (SSSR count). The van der Waals surface area contributed by atoms with Crippen molar-refractivity contribution in [3.05, 3.63) is 0 Å². The predicted octanol–water partition coefficient (Wildman–Crippen LogP) is -0.511. The van der Waals surface area contributed by atoms with Crippen LogP contribution in [0.25, 0.3) is 0 Å². The van der Waals surface area contributed by atoms with Gasteiger partial charge in [-0.3, -0.25) is 4.79 Å². The van der Waals surface area contributed by atoms with E-state index in [2.05, 4.69) is 5.32 Å². The molecule has 0 aromatic carbocycles. The third kappa shape index (κ3) is 5.14. The largest absolute Gasteiger partial charge is 0.480 e. The van der Waals surface area contributed by atoms with Crippen molar-refractivity contribution in [2.45, 2.75) is 43.9 Å². The highest BCUT2D eigenvalue weighted by atomic mass is 16.5. The highest BCUT2D eigenvalue weighted by molar-refractivity contribution is 5.86. The lowest BCUT2D eigenvalue weighted by Crippen LogP contribution is -2.45. The molecule has 3 unspecified atom stereocenters. The van der Waals surface area contributed by atoms with Gasteiger partial charge in [-0.15, -0.1) is 0 Å². The Morgan fingerprint density at radius 2 is 2.26 bits per heavy atom. The van der Waals surface area contributed by atoms with E-state index in [1.54, 1.807) is 7.11 Å². The monoisotopic (exact) mass is 274 g/mol. The predicted molar refractivity (Wildman–Crippen MR) is 67.6 cm³/mol. The third-order valence-electron chi connectivity index (χ3n) is 3.12. The van der Waals surface area contributed by atoms with Crippen molar-refractivity contribution in [3.63, 3.8) is 0 Å². The normalized spacial score (nSPS) is 24.1. The van der Waals surface area contributed by atoms with Crippen LogP contribution < -0.4 is 11.1 Å². The Hall–Kier alpha value is -1.18. The average Bonchev–Trinajstić information content (AvgIpc) is 2.86. The second kappa shape index (κ2) is 8.08. The van der Waals surface area contributed by atoms with E-state index in [1.807, 2.05) is 0 Å². The summed E-state index contributed by atoms with van der Waals surface area (Å²) in [6.45, 7) is 0.842. The summed E-state index contributed by atoms with van der Waals surface area (Å²) in [6.07, 6.45) is 1.53. The van der Waals surface area contributed by atoms with Crippen LogP contribution in [0.3, 0.4) is 0 Å². The van der Waals surface area contributed by atoms with Crippen LogP contribution in [0.5, 0.6) is 0 Å². The van der Waals surface area contributed by atoms with Crippen LogP contribution in [0.2, 0.25) is 0 Å². The van der Waals surface area contributed by atoms with Crippen LogP contribution in [0.15, 0.2) is 0 Å². The Bertz CT molecular complexity index is 310. The summed E-state index contributed by atoms with van der Waals surface area (Å²) in [7, 11) is 1.55. The number of carbonyl (C=O) groups excluding carboxylic acids is 1. The molecule has 19 heavy (non-hydrogen) atoms. The number of hydrogen-bond acceptors (Lipinski definition) is 5. The molecule has 1 amide bonds. The van der Waals surface area contributed by atoms with Crippen molar-refractivity contribution in [1.82, 2.24) is 5.32 Å². The molecule has 4 N–H and O–H groups in total. The number of rotatable bonds is 8. The molecule has 7 nitrogen and oxygen atoms in total. The molecule has 0 saturated carbocycles. The molecule has 0 aromatic rings. The number of carbonyl (C=O) groups is 2. The number of amides is 1. The van der Waals surface area contributed by atoms with E-state index >= 15 is 0 Å². The van der Waals surface area contributed by atoms with Crippen molar-refractivity contribution in [3.8, 4) is 0 Å². The Labute approximate surface area is 112 Å². The highest BCUT2D eigenvalue weighted by Gasteiger charge is 2.32. The zero-order valence-electron chi connectivity index (χ0n) is 11.1. The van der Waals surface area contributed by atoms with Gasteiger partial charge in [-0.25, -0.2) is 4.79 Å².